The first-order chi connectivity index (χ1) is 10.9. The predicted octanol–water partition coefficient (Wildman–Crippen LogP) is 2.78. The predicted molar refractivity (Wildman–Crippen MR) is 91.9 cm³/mol. The van der Waals surface area contributed by atoms with Crippen molar-refractivity contribution in [3.05, 3.63) is 29.8 Å². The molecule has 3 rings (SSSR count). The molecule has 23 heavy (non-hydrogen) atoms. The number of anilines is 2. The Balaban J connectivity index is 1.95. The minimum atomic E-state index is -0.957. The minimum absolute atomic E-state index is 0.127. The fourth-order valence-corrected chi connectivity index (χ4v) is 4.11. The number of nitrogens with one attached hydrogen (secondary N) is 1. The van der Waals surface area contributed by atoms with Gasteiger partial charge in [0.25, 0.3) is 0 Å². The number of nitrogens with zero attached hydrogens (tertiary/aromatic N) is 3. The number of benzene rings is 1. The summed E-state index contributed by atoms with van der Waals surface area (Å²) < 4.78 is 0.735. The zero-order valence-electron chi connectivity index (χ0n) is 12.9. The van der Waals surface area contributed by atoms with E-state index in [4.69, 9.17) is 0 Å². The minimum Gasteiger partial charge on any atom is -0.322 e. The van der Waals surface area contributed by atoms with Crippen molar-refractivity contribution < 1.29 is 9.59 Å². The van der Waals surface area contributed by atoms with E-state index in [9.17, 15) is 9.59 Å². The van der Waals surface area contributed by atoms with Crippen LogP contribution in [0.25, 0.3) is 0 Å². The Morgan fingerprint density at radius 1 is 1.39 bits per heavy atom. The van der Waals surface area contributed by atoms with Gasteiger partial charge in [0.1, 0.15) is 11.0 Å². The topological polar surface area (TPSA) is 75.2 Å². The lowest BCUT2D eigenvalue weighted by Crippen LogP contribution is -2.60. The van der Waals surface area contributed by atoms with Crippen LogP contribution < -0.4 is 10.2 Å². The first-order valence-corrected chi connectivity index (χ1v) is 8.84. The second kappa shape index (κ2) is 5.93. The van der Waals surface area contributed by atoms with Gasteiger partial charge in [-0.05, 0) is 32.9 Å². The normalized spacial score (nSPS) is 17.3. The maximum atomic E-state index is 13.0. The van der Waals surface area contributed by atoms with E-state index in [-0.39, 0.29) is 17.1 Å². The molecule has 2 aromatic rings. The summed E-state index contributed by atoms with van der Waals surface area (Å²) in [6.45, 7) is 5.32. The molecule has 1 aliphatic rings. The lowest BCUT2D eigenvalue weighted by molar-refractivity contribution is -0.126. The molecule has 0 radical (unpaired) electrons. The highest BCUT2D eigenvalue weighted by Gasteiger charge is 2.44. The highest BCUT2D eigenvalue weighted by Crippen LogP contribution is 2.38. The molecule has 1 aromatic carbocycles. The molecule has 0 saturated heterocycles. The second-order valence-corrected chi connectivity index (χ2v) is 8.09. The van der Waals surface area contributed by atoms with Gasteiger partial charge in [0, 0.05) is 0 Å². The Labute approximate surface area is 142 Å². The van der Waals surface area contributed by atoms with E-state index in [0.717, 1.165) is 4.34 Å². The average Bonchev–Trinajstić information content (AvgIpc) is 3.00. The van der Waals surface area contributed by atoms with Crippen molar-refractivity contribution >= 4 is 46.3 Å². The largest absolute Gasteiger partial charge is 0.322 e. The Hall–Kier alpha value is -1.93. The van der Waals surface area contributed by atoms with Crippen LogP contribution in [-0.4, -0.2) is 32.8 Å². The van der Waals surface area contributed by atoms with Gasteiger partial charge in [-0.15, -0.1) is 10.2 Å². The van der Waals surface area contributed by atoms with Crippen LogP contribution >= 0.6 is 23.1 Å². The van der Waals surface area contributed by atoms with Crippen LogP contribution in [0.4, 0.5) is 11.4 Å². The van der Waals surface area contributed by atoms with Gasteiger partial charge in [-0.3, -0.25) is 14.5 Å². The number of thioether (sulfide) groups is 1. The van der Waals surface area contributed by atoms with Gasteiger partial charge >= 0.3 is 0 Å². The van der Waals surface area contributed by atoms with Crippen molar-refractivity contribution in [2.24, 2.45) is 0 Å². The van der Waals surface area contributed by atoms with E-state index in [1.165, 1.54) is 23.1 Å². The van der Waals surface area contributed by atoms with Crippen LogP contribution in [0.3, 0.4) is 0 Å². The standard InChI is InChI=1S/C15H16N4O2S2/c1-9(23-14-18-16-8-22-14)12(20)19-11-7-5-4-6-10(11)17-13(21)15(19,2)3/h4-9H,1-3H3,(H,17,21)/t9-/m1/s1. The summed E-state index contributed by atoms with van der Waals surface area (Å²) in [7, 11) is 0. The lowest BCUT2D eigenvalue weighted by atomic mass is 9.96. The van der Waals surface area contributed by atoms with Gasteiger partial charge < -0.3 is 5.32 Å². The summed E-state index contributed by atoms with van der Waals surface area (Å²) in [6.07, 6.45) is 0. The summed E-state index contributed by atoms with van der Waals surface area (Å²) in [4.78, 5) is 27.0. The van der Waals surface area contributed by atoms with Gasteiger partial charge in [0.05, 0.1) is 16.6 Å². The molecule has 0 bridgehead atoms. The van der Waals surface area contributed by atoms with E-state index in [1.54, 1.807) is 30.3 Å². The maximum Gasteiger partial charge on any atom is 0.250 e. The van der Waals surface area contributed by atoms with Crippen molar-refractivity contribution in [2.45, 2.75) is 35.9 Å². The molecule has 120 valence electrons. The third kappa shape index (κ3) is 2.84. The number of fused-ring (bicyclic) bond motifs is 1. The molecule has 1 aliphatic heterocycles. The van der Waals surface area contributed by atoms with Gasteiger partial charge in [-0.1, -0.05) is 35.2 Å². The smallest absolute Gasteiger partial charge is 0.250 e. The van der Waals surface area contributed by atoms with Crippen molar-refractivity contribution in [3.8, 4) is 0 Å². The molecule has 0 unspecified atom stereocenters. The molecule has 1 aromatic heterocycles. The van der Waals surface area contributed by atoms with Gasteiger partial charge in [0.15, 0.2) is 4.34 Å². The highest BCUT2D eigenvalue weighted by atomic mass is 32.2. The summed E-state index contributed by atoms with van der Waals surface area (Å²) in [5, 5.41) is 10.2. The van der Waals surface area contributed by atoms with Gasteiger partial charge in [-0.25, -0.2) is 0 Å². The molecule has 0 spiro atoms. The number of aromatic nitrogens is 2. The Kier molecular flexibility index (Phi) is 4.11. The summed E-state index contributed by atoms with van der Waals surface area (Å²) in [5.41, 5.74) is 2.04. The number of hydrogen-bond donors (Lipinski definition) is 1. The number of para-hydroxylation sites is 2. The molecule has 0 fully saturated rings. The Morgan fingerprint density at radius 2 is 2.13 bits per heavy atom. The first kappa shape index (κ1) is 15.9. The average molecular weight is 348 g/mol. The molecule has 1 atom stereocenters. The third-order valence-corrected chi connectivity index (χ3v) is 5.59. The zero-order chi connectivity index (χ0) is 16.6. The maximum absolute atomic E-state index is 13.0. The molecule has 1 N–H and O–H groups in total. The Bertz CT molecular complexity index is 746. The zero-order valence-corrected chi connectivity index (χ0v) is 14.6. The molecule has 8 heteroatoms. The summed E-state index contributed by atoms with van der Waals surface area (Å²) in [5.74, 6) is -0.324. The summed E-state index contributed by atoms with van der Waals surface area (Å²) in [6, 6.07) is 7.33. The van der Waals surface area contributed by atoms with E-state index < -0.39 is 5.54 Å². The van der Waals surface area contributed by atoms with Crippen molar-refractivity contribution in [1.82, 2.24) is 10.2 Å². The molecule has 2 amide bonds. The first-order valence-electron chi connectivity index (χ1n) is 7.08. The highest BCUT2D eigenvalue weighted by molar-refractivity contribution is 8.02. The molecular weight excluding hydrogens is 332 g/mol. The third-order valence-electron chi connectivity index (χ3n) is 3.69. The number of rotatable bonds is 3. The number of carbonyl (C=O) groups excluding carboxylic acids is 2. The van der Waals surface area contributed by atoms with Crippen molar-refractivity contribution in [3.63, 3.8) is 0 Å². The summed E-state index contributed by atoms with van der Waals surface area (Å²) >= 11 is 2.74. The molecular formula is C15H16N4O2S2. The van der Waals surface area contributed by atoms with Crippen molar-refractivity contribution in [1.29, 1.82) is 0 Å². The van der Waals surface area contributed by atoms with E-state index in [2.05, 4.69) is 15.5 Å². The van der Waals surface area contributed by atoms with Crippen LogP contribution in [-0.2, 0) is 9.59 Å². The van der Waals surface area contributed by atoms with Crippen LogP contribution in [0.15, 0.2) is 34.1 Å². The number of amides is 2. The van der Waals surface area contributed by atoms with Crippen molar-refractivity contribution in [2.75, 3.05) is 10.2 Å². The Morgan fingerprint density at radius 3 is 2.83 bits per heavy atom. The van der Waals surface area contributed by atoms with Gasteiger partial charge in [0.2, 0.25) is 11.8 Å². The van der Waals surface area contributed by atoms with Crippen LogP contribution in [0.5, 0.6) is 0 Å². The molecule has 2 heterocycles. The van der Waals surface area contributed by atoms with E-state index >= 15 is 0 Å². The second-order valence-electron chi connectivity index (χ2n) is 5.67. The van der Waals surface area contributed by atoms with Crippen LogP contribution in [0.1, 0.15) is 20.8 Å². The van der Waals surface area contributed by atoms with Crippen LogP contribution in [0.2, 0.25) is 0 Å². The molecule has 6 nitrogen and oxygen atoms in total. The SMILES string of the molecule is C[C@@H](Sc1nncs1)C(=O)N1c2ccccc2NC(=O)C1(C)C. The quantitative estimate of drug-likeness (QED) is 0.863. The lowest BCUT2D eigenvalue weighted by Gasteiger charge is -2.42. The molecule has 0 aliphatic carbocycles. The monoisotopic (exact) mass is 348 g/mol. The fourth-order valence-electron chi connectivity index (χ4n) is 2.44. The number of carbonyl (C=O) groups is 2. The fraction of sp³-hybridized carbons (Fsp3) is 0.333. The van der Waals surface area contributed by atoms with E-state index in [0.29, 0.717) is 11.4 Å². The van der Waals surface area contributed by atoms with Crippen LogP contribution in [0, 0.1) is 0 Å². The number of hydrogen-bond acceptors (Lipinski definition) is 6. The molecule has 0 saturated carbocycles. The van der Waals surface area contributed by atoms with Gasteiger partial charge in [-0.2, -0.15) is 0 Å². The van der Waals surface area contributed by atoms with E-state index in [1.807, 2.05) is 25.1 Å².